The molecule has 2 aromatic rings. The minimum absolute atomic E-state index is 0.104. The summed E-state index contributed by atoms with van der Waals surface area (Å²) < 4.78 is 0. The predicted octanol–water partition coefficient (Wildman–Crippen LogP) is 5.04. The first-order valence-corrected chi connectivity index (χ1v) is 8.47. The van der Waals surface area contributed by atoms with Gasteiger partial charge in [-0.2, -0.15) is 0 Å². The molecule has 3 heteroatoms. The van der Waals surface area contributed by atoms with E-state index in [1.807, 2.05) is 12.1 Å². The Kier molecular flexibility index (Phi) is 5.78. The van der Waals surface area contributed by atoms with Gasteiger partial charge >= 0.3 is 0 Å². The Bertz CT molecular complexity index is 650. The number of anilines is 1. The smallest absolute Gasteiger partial charge is 0.170 e. The molecule has 23 heavy (non-hydrogen) atoms. The van der Waals surface area contributed by atoms with Crippen molar-refractivity contribution in [1.82, 2.24) is 5.32 Å². The van der Waals surface area contributed by atoms with E-state index in [0.717, 1.165) is 12.1 Å². The third kappa shape index (κ3) is 5.36. The van der Waals surface area contributed by atoms with Gasteiger partial charge in [-0.25, -0.2) is 0 Å². The molecular weight excluding hydrogens is 300 g/mol. The predicted molar refractivity (Wildman–Crippen MR) is 104 cm³/mol. The van der Waals surface area contributed by atoms with Crippen molar-refractivity contribution in [2.75, 3.05) is 5.32 Å². The molecule has 0 radical (unpaired) electrons. The van der Waals surface area contributed by atoms with Gasteiger partial charge in [-0.15, -0.1) is 0 Å². The van der Waals surface area contributed by atoms with E-state index in [9.17, 15) is 0 Å². The van der Waals surface area contributed by atoms with Crippen LogP contribution in [-0.4, -0.2) is 11.2 Å². The number of benzene rings is 2. The summed E-state index contributed by atoms with van der Waals surface area (Å²) in [6, 6.07) is 19.1. The van der Waals surface area contributed by atoms with Gasteiger partial charge in [0.15, 0.2) is 5.11 Å². The minimum Gasteiger partial charge on any atom is -0.360 e. The molecule has 0 unspecified atom stereocenters. The summed E-state index contributed by atoms with van der Waals surface area (Å²) in [5.74, 6) is 0. The zero-order valence-corrected chi connectivity index (χ0v) is 15.2. The van der Waals surface area contributed by atoms with Crippen LogP contribution in [0.25, 0.3) is 0 Å². The molecule has 0 aliphatic carbocycles. The third-order valence-electron chi connectivity index (χ3n) is 4.03. The Hall–Kier alpha value is -1.87. The van der Waals surface area contributed by atoms with E-state index in [2.05, 4.69) is 80.8 Å². The SMILES string of the molecule is Cc1cccc(NC(=S)N[C@@H](C)CC(C)(C)c2ccccc2)c1. The van der Waals surface area contributed by atoms with Crippen molar-refractivity contribution < 1.29 is 0 Å². The lowest BCUT2D eigenvalue weighted by Gasteiger charge is -2.29. The first kappa shape index (κ1) is 17.5. The molecule has 0 saturated carbocycles. The lowest BCUT2D eigenvalue weighted by Crippen LogP contribution is -2.39. The largest absolute Gasteiger partial charge is 0.360 e. The van der Waals surface area contributed by atoms with Crippen molar-refractivity contribution in [2.45, 2.75) is 45.6 Å². The summed E-state index contributed by atoms with van der Waals surface area (Å²) in [4.78, 5) is 0. The van der Waals surface area contributed by atoms with E-state index < -0.39 is 0 Å². The quantitative estimate of drug-likeness (QED) is 0.753. The maximum absolute atomic E-state index is 5.44. The molecular formula is C20H26N2S. The van der Waals surface area contributed by atoms with Crippen molar-refractivity contribution in [3.8, 4) is 0 Å². The van der Waals surface area contributed by atoms with Gasteiger partial charge in [0.1, 0.15) is 0 Å². The maximum Gasteiger partial charge on any atom is 0.170 e. The number of rotatable bonds is 5. The van der Waals surface area contributed by atoms with Crippen LogP contribution in [0.5, 0.6) is 0 Å². The number of hydrogen-bond acceptors (Lipinski definition) is 1. The molecule has 1 atom stereocenters. The molecule has 0 saturated heterocycles. The van der Waals surface area contributed by atoms with Gasteiger partial charge < -0.3 is 10.6 Å². The van der Waals surface area contributed by atoms with Crippen LogP contribution >= 0.6 is 12.2 Å². The van der Waals surface area contributed by atoms with E-state index in [1.165, 1.54) is 11.1 Å². The van der Waals surface area contributed by atoms with Gasteiger partial charge in [-0.05, 0) is 61.2 Å². The van der Waals surface area contributed by atoms with Crippen LogP contribution in [0, 0.1) is 6.92 Å². The lowest BCUT2D eigenvalue weighted by molar-refractivity contribution is 0.420. The highest BCUT2D eigenvalue weighted by atomic mass is 32.1. The van der Waals surface area contributed by atoms with E-state index in [-0.39, 0.29) is 11.5 Å². The van der Waals surface area contributed by atoms with Gasteiger partial charge in [0, 0.05) is 11.7 Å². The van der Waals surface area contributed by atoms with Crippen LogP contribution in [0.4, 0.5) is 5.69 Å². The standard InChI is InChI=1S/C20H26N2S/c1-15-9-8-12-18(13-15)22-19(23)21-16(2)14-20(3,4)17-10-6-5-7-11-17/h5-13,16H,14H2,1-4H3,(H2,21,22,23)/t16-/m0/s1. The van der Waals surface area contributed by atoms with Crippen molar-refractivity contribution in [3.63, 3.8) is 0 Å². The van der Waals surface area contributed by atoms with E-state index in [4.69, 9.17) is 12.2 Å². The van der Waals surface area contributed by atoms with Crippen molar-refractivity contribution in [2.24, 2.45) is 0 Å². The number of nitrogens with one attached hydrogen (secondary N) is 2. The molecule has 0 aromatic heterocycles. The number of hydrogen-bond donors (Lipinski definition) is 2. The van der Waals surface area contributed by atoms with Crippen LogP contribution in [0.1, 0.15) is 38.3 Å². The van der Waals surface area contributed by atoms with Crippen molar-refractivity contribution in [1.29, 1.82) is 0 Å². The van der Waals surface area contributed by atoms with E-state index in [1.54, 1.807) is 0 Å². The first-order chi connectivity index (χ1) is 10.9. The molecule has 2 aromatic carbocycles. The monoisotopic (exact) mass is 326 g/mol. The normalized spacial score (nSPS) is 12.5. The summed E-state index contributed by atoms with van der Waals surface area (Å²) in [7, 11) is 0. The molecule has 2 nitrogen and oxygen atoms in total. The molecule has 122 valence electrons. The van der Waals surface area contributed by atoms with Crippen LogP contribution in [0.3, 0.4) is 0 Å². The van der Waals surface area contributed by atoms with Gasteiger partial charge in [-0.3, -0.25) is 0 Å². The lowest BCUT2D eigenvalue weighted by atomic mass is 9.79. The maximum atomic E-state index is 5.44. The Morgan fingerprint density at radius 2 is 1.78 bits per heavy atom. The van der Waals surface area contributed by atoms with E-state index in [0.29, 0.717) is 5.11 Å². The molecule has 0 bridgehead atoms. The molecule has 0 aliphatic rings. The molecule has 0 aliphatic heterocycles. The van der Waals surface area contributed by atoms with Crippen molar-refractivity contribution in [3.05, 3.63) is 65.7 Å². The molecule has 0 heterocycles. The highest BCUT2D eigenvalue weighted by Gasteiger charge is 2.23. The zero-order valence-electron chi connectivity index (χ0n) is 14.4. The van der Waals surface area contributed by atoms with Crippen LogP contribution in [0.15, 0.2) is 54.6 Å². The molecule has 0 spiro atoms. The Labute approximate surface area is 145 Å². The van der Waals surface area contributed by atoms with Crippen LogP contribution in [0.2, 0.25) is 0 Å². The molecule has 0 amide bonds. The molecule has 0 fully saturated rings. The second-order valence-corrected chi connectivity index (χ2v) is 7.23. The van der Waals surface area contributed by atoms with Gasteiger partial charge in [-0.1, -0.05) is 56.3 Å². The average Bonchev–Trinajstić information content (AvgIpc) is 2.47. The highest BCUT2D eigenvalue weighted by Crippen LogP contribution is 2.28. The fraction of sp³-hybridized carbons (Fsp3) is 0.350. The average molecular weight is 327 g/mol. The van der Waals surface area contributed by atoms with Gasteiger partial charge in [0.2, 0.25) is 0 Å². The third-order valence-corrected chi connectivity index (χ3v) is 4.25. The Balaban J connectivity index is 1.91. The summed E-state index contributed by atoms with van der Waals surface area (Å²) >= 11 is 5.44. The summed E-state index contributed by atoms with van der Waals surface area (Å²) in [6.45, 7) is 8.80. The topological polar surface area (TPSA) is 24.1 Å². The minimum atomic E-state index is 0.104. The summed E-state index contributed by atoms with van der Waals surface area (Å²) in [6.07, 6.45) is 1.01. The second kappa shape index (κ2) is 7.60. The number of aryl methyl sites for hydroxylation is 1. The molecule has 2 N–H and O–H groups in total. The fourth-order valence-electron chi connectivity index (χ4n) is 2.94. The number of thiocarbonyl (C=S) groups is 1. The molecule has 2 rings (SSSR count). The van der Waals surface area contributed by atoms with Crippen molar-refractivity contribution >= 4 is 23.0 Å². The Morgan fingerprint density at radius 1 is 1.09 bits per heavy atom. The second-order valence-electron chi connectivity index (χ2n) is 6.82. The van der Waals surface area contributed by atoms with E-state index >= 15 is 0 Å². The zero-order chi connectivity index (χ0) is 16.9. The van der Waals surface area contributed by atoms with Crippen LogP contribution < -0.4 is 10.6 Å². The summed E-state index contributed by atoms with van der Waals surface area (Å²) in [5, 5.41) is 7.33. The Morgan fingerprint density at radius 3 is 2.43 bits per heavy atom. The fourth-order valence-corrected chi connectivity index (χ4v) is 3.26. The summed E-state index contributed by atoms with van der Waals surface area (Å²) in [5.41, 5.74) is 3.70. The van der Waals surface area contributed by atoms with Crippen LogP contribution in [-0.2, 0) is 5.41 Å². The first-order valence-electron chi connectivity index (χ1n) is 8.06. The highest BCUT2D eigenvalue weighted by molar-refractivity contribution is 7.80. The van der Waals surface area contributed by atoms with Gasteiger partial charge in [0.05, 0.1) is 0 Å². The van der Waals surface area contributed by atoms with Gasteiger partial charge in [0.25, 0.3) is 0 Å².